The molecule has 0 aromatic carbocycles. The Hall–Kier alpha value is -0.230. The predicted octanol–water partition coefficient (Wildman–Crippen LogP) is 3.19. The first-order valence-corrected chi connectivity index (χ1v) is 7.92. The molecule has 1 aliphatic rings. The van der Waals surface area contributed by atoms with E-state index in [0.29, 0.717) is 13.2 Å². The smallest absolute Gasteiger partial charge is 0.184 e. The summed E-state index contributed by atoms with van der Waals surface area (Å²) in [4.78, 5) is 15.0. The molecule has 0 amide bonds. The summed E-state index contributed by atoms with van der Waals surface area (Å²) >= 11 is 5.02. The second-order valence-electron chi connectivity index (χ2n) is 4.69. The van der Waals surface area contributed by atoms with Gasteiger partial charge in [-0.05, 0) is 29.3 Å². The molecule has 2 heterocycles. The number of ether oxygens (including phenoxy) is 1. The summed E-state index contributed by atoms with van der Waals surface area (Å²) in [5.74, 6) is 0.208. The molecule has 1 saturated heterocycles. The average molecular weight is 332 g/mol. The van der Waals surface area contributed by atoms with E-state index >= 15 is 0 Å². The van der Waals surface area contributed by atoms with E-state index in [9.17, 15) is 4.79 Å². The van der Waals surface area contributed by atoms with Gasteiger partial charge in [-0.3, -0.25) is 9.69 Å². The number of thiophene rings is 1. The molecule has 1 fully saturated rings. The predicted molar refractivity (Wildman–Crippen MR) is 77.4 cm³/mol. The standard InChI is InChI=1S/C13H18BrNO2S/c1-3-13(2,15-4-6-17-7-5-15)12(16)10-8-18-9-11(10)14/h8-9H,3-7H2,1-2H3. The van der Waals surface area contributed by atoms with E-state index in [1.807, 2.05) is 17.7 Å². The highest BCUT2D eigenvalue weighted by Gasteiger charge is 2.39. The highest BCUT2D eigenvalue weighted by atomic mass is 79.9. The van der Waals surface area contributed by atoms with Gasteiger partial charge in [0.15, 0.2) is 5.78 Å². The van der Waals surface area contributed by atoms with Crippen LogP contribution in [0.4, 0.5) is 0 Å². The molecule has 0 saturated carbocycles. The van der Waals surface area contributed by atoms with Gasteiger partial charge in [-0.2, -0.15) is 11.3 Å². The minimum absolute atomic E-state index is 0.208. The van der Waals surface area contributed by atoms with E-state index in [1.165, 1.54) is 0 Å². The zero-order chi connectivity index (χ0) is 13.2. The quantitative estimate of drug-likeness (QED) is 0.793. The van der Waals surface area contributed by atoms with Crippen molar-refractivity contribution in [1.82, 2.24) is 4.90 Å². The Kier molecular flexibility index (Phi) is 4.59. The zero-order valence-corrected chi connectivity index (χ0v) is 13.1. The third kappa shape index (κ3) is 2.54. The number of hydrogen-bond donors (Lipinski definition) is 0. The molecule has 1 unspecified atom stereocenters. The molecule has 3 nitrogen and oxygen atoms in total. The van der Waals surface area contributed by atoms with Crippen molar-refractivity contribution < 1.29 is 9.53 Å². The minimum atomic E-state index is -0.423. The number of nitrogens with zero attached hydrogens (tertiary/aromatic N) is 1. The van der Waals surface area contributed by atoms with Crippen LogP contribution in [-0.4, -0.2) is 42.5 Å². The van der Waals surface area contributed by atoms with Crippen molar-refractivity contribution in [1.29, 1.82) is 0 Å². The first-order valence-electron chi connectivity index (χ1n) is 6.19. The molecule has 0 radical (unpaired) electrons. The van der Waals surface area contributed by atoms with Crippen LogP contribution in [0.25, 0.3) is 0 Å². The van der Waals surface area contributed by atoms with Gasteiger partial charge in [-0.25, -0.2) is 0 Å². The fraction of sp³-hybridized carbons (Fsp3) is 0.615. The SMILES string of the molecule is CCC(C)(C(=O)c1cscc1Br)N1CCOCC1. The molecule has 0 N–H and O–H groups in total. The second kappa shape index (κ2) is 5.82. The van der Waals surface area contributed by atoms with Crippen LogP contribution >= 0.6 is 27.3 Å². The Morgan fingerprint density at radius 2 is 2.17 bits per heavy atom. The Morgan fingerprint density at radius 3 is 2.67 bits per heavy atom. The fourth-order valence-electron chi connectivity index (χ4n) is 2.32. The maximum atomic E-state index is 12.8. The largest absolute Gasteiger partial charge is 0.379 e. The van der Waals surface area contributed by atoms with Crippen LogP contribution in [0.3, 0.4) is 0 Å². The monoisotopic (exact) mass is 331 g/mol. The van der Waals surface area contributed by atoms with E-state index in [-0.39, 0.29) is 5.78 Å². The normalized spacial score (nSPS) is 20.6. The Labute approximate surface area is 120 Å². The van der Waals surface area contributed by atoms with Crippen LogP contribution in [0, 0.1) is 0 Å². The van der Waals surface area contributed by atoms with Crippen LogP contribution in [0.2, 0.25) is 0 Å². The van der Waals surface area contributed by atoms with Crippen molar-refractivity contribution in [2.45, 2.75) is 25.8 Å². The van der Waals surface area contributed by atoms with Gasteiger partial charge in [0.1, 0.15) is 0 Å². The Balaban J connectivity index is 2.26. The fourth-order valence-corrected chi connectivity index (χ4v) is 3.77. The van der Waals surface area contributed by atoms with Crippen molar-refractivity contribution in [3.05, 3.63) is 20.8 Å². The van der Waals surface area contributed by atoms with Gasteiger partial charge in [-0.15, -0.1) is 0 Å². The lowest BCUT2D eigenvalue weighted by Crippen LogP contribution is -2.56. The molecule has 5 heteroatoms. The number of hydrogen-bond acceptors (Lipinski definition) is 4. The highest BCUT2D eigenvalue weighted by molar-refractivity contribution is 9.10. The lowest BCUT2D eigenvalue weighted by Gasteiger charge is -2.41. The van der Waals surface area contributed by atoms with Gasteiger partial charge in [0.25, 0.3) is 0 Å². The lowest BCUT2D eigenvalue weighted by atomic mass is 9.87. The molecule has 0 bridgehead atoms. The summed E-state index contributed by atoms with van der Waals surface area (Å²) in [6.07, 6.45) is 0.814. The van der Waals surface area contributed by atoms with E-state index in [1.54, 1.807) is 11.3 Å². The van der Waals surface area contributed by atoms with Crippen molar-refractivity contribution in [3.63, 3.8) is 0 Å². The number of morpholine rings is 1. The third-order valence-corrected chi connectivity index (χ3v) is 5.45. The van der Waals surface area contributed by atoms with Gasteiger partial charge in [-0.1, -0.05) is 6.92 Å². The van der Waals surface area contributed by atoms with Gasteiger partial charge in [0.05, 0.1) is 18.8 Å². The number of halogens is 1. The van der Waals surface area contributed by atoms with Crippen LogP contribution in [0.15, 0.2) is 15.2 Å². The van der Waals surface area contributed by atoms with Crippen molar-refractivity contribution in [3.8, 4) is 0 Å². The maximum absolute atomic E-state index is 12.8. The molecule has 1 atom stereocenters. The van der Waals surface area contributed by atoms with E-state index in [2.05, 4.69) is 27.8 Å². The van der Waals surface area contributed by atoms with Crippen molar-refractivity contribution >= 4 is 33.0 Å². The molecular formula is C13H18BrNO2S. The summed E-state index contributed by atoms with van der Waals surface area (Å²) in [5, 5.41) is 3.89. The van der Waals surface area contributed by atoms with Gasteiger partial charge in [0.2, 0.25) is 0 Å². The molecule has 2 rings (SSSR count). The van der Waals surface area contributed by atoms with Crippen LogP contribution in [0.1, 0.15) is 30.6 Å². The Bertz CT molecular complexity index is 428. The number of carbonyl (C=O) groups excluding carboxylic acids is 1. The summed E-state index contributed by atoms with van der Waals surface area (Å²) < 4.78 is 6.28. The lowest BCUT2D eigenvalue weighted by molar-refractivity contribution is -0.0106. The van der Waals surface area contributed by atoms with Gasteiger partial charge in [0, 0.05) is 33.9 Å². The molecule has 18 heavy (non-hydrogen) atoms. The molecule has 0 spiro atoms. The summed E-state index contributed by atoms with van der Waals surface area (Å²) in [7, 11) is 0. The number of rotatable bonds is 4. The summed E-state index contributed by atoms with van der Waals surface area (Å²) in [6.45, 7) is 7.22. The van der Waals surface area contributed by atoms with Crippen molar-refractivity contribution in [2.24, 2.45) is 0 Å². The van der Waals surface area contributed by atoms with Crippen LogP contribution < -0.4 is 0 Å². The van der Waals surface area contributed by atoms with Crippen LogP contribution in [-0.2, 0) is 4.74 Å². The Morgan fingerprint density at radius 1 is 1.50 bits per heavy atom. The summed E-state index contributed by atoms with van der Waals surface area (Å²) in [5.41, 5.74) is 0.378. The molecular weight excluding hydrogens is 314 g/mol. The molecule has 1 aromatic rings. The number of Topliss-reactive ketones (excluding diaryl/α,β-unsaturated/α-hetero) is 1. The topological polar surface area (TPSA) is 29.5 Å². The van der Waals surface area contributed by atoms with E-state index < -0.39 is 5.54 Å². The van der Waals surface area contributed by atoms with Gasteiger partial charge >= 0.3 is 0 Å². The van der Waals surface area contributed by atoms with Gasteiger partial charge < -0.3 is 4.74 Å². The second-order valence-corrected chi connectivity index (χ2v) is 6.29. The molecule has 100 valence electrons. The summed E-state index contributed by atoms with van der Waals surface area (Å²) in [6, 6.07) is 0. The average Bonchev–Trinajstić information content (AvgIpc) is 2.84. The first kappa shape index (κ1) is 14.2. The molecule has 1 aromatic heterocycles. The zero-order valence-electron chi connectivity index (χ0n) is 10.7. The highest BCUT2D eigenvalue weighted by Crippen LogP contribution is 2.30. The van der Waals surface area contributed by atoms with Crippen LogP contribution in [0.5, 0.6) is 0 Å². The van der Waals surface area contributed by atoms with E-state index in [4.69, 9.17) is 4.74 Å². The number of carbonyl (C=O) groups is 1. The van der Waals surface area contributed by atoms with Crippen molar-refractivity contribution in [2.75, 3.05) is 26.3 Å². The van der Waals surface area contributed by atoms with E-state index in [0.717, 1.165) is 29.5 Å². The number of ketones is 1. The first-order chi connectivity index (χ1) is 8.59. The maximum Gasteiger partial charge on any atom is 0.184 e. The minimum Gasteiger partial charge on any atom is -0.379 e. The molecule has 0 aliphatic carbocycles. The third-order valence-electron chi connectivity index (χ3n) is 3.75. The molecule has 1 aliphatic heterocycles.